The van der Waals surface area contributed by atoms with Gasteiger partial charge < -0.3 is 4.74 Å². The molecule has 0 spiro atoms. The van der Waals surface area contributed by atoms with Crippen LogP contribution in [0.3, 0.4) is 0 Å². The van der Waals surface area contributed by atoms with Crippen LogP contribution >= 0.6 is 0 Å². The van der Waals surface area contributed by atoms with Gasteiger partial charge in [-0.15, -0.1) is 0 Å². The summed E-state index contributed by atoms with van der Waals surface area (Å²) in [5.74, 6) is 0.140. The van der Waals surface area contributed by atoms with Gasteiger partial charge in [-0.1, -0.05) is 19.1 Å². The zero-order chi connectivity index (χ0) is 10.2. The first kappa shape index (κ1) is 9.50. The SMILES string of the molecule is CCC1(c2cccc(F)c2OC)[CH]C1. The van der Waals surface area contributed by atoms with Crippen molar-refractivity contribution >= 4 is 0 Å². The fourth-order valence-electron chi connectivity index (χ4n) is 1.93. The zero-order valence-corrected chi connectivity index (χ0v) is 8.51. The molecular weight excluding hydrogens is 179 g/mol. The van der Waals surface area contributed by atoms with E-state index in [-0.39, 0.29) is 11.2 Å². The molecule has 0 amide bonds. The summed E-state index contributed by atoms with van der Waals surface area (Å²) in [5, 5.41) is 0. The van der Waals surface area contributed by atoms with Crippen LogP contribution in [-0.2, 0) is 5.41 Å². The Kier molecular flexibility index (Phi) is 2.22. The van der Waals surface area contributed by atoms with Crippen LogP contribution in [0.15, 0.2) is 18.2 Å². The second-order valence-corrected chi connectivity index (χ2v) is 3.74. The van der Waals surface area contributed by atoms with Crippen LogP contribution in [0.2, 0.25) is 0 Å². The highest BCUT2D eigenvalue weighted by Crippen LogP contribution is 2.52. The molecular formula is C12H14FO. The molecule has 1 atom stereocenters. The molecule has 1 nitrogen and oxygen atoms in total. The summed E-state index contributed by atoms with van der Waals surface area (Å²) < 4.78 is 18.5. The molecule has 2 heteroatoms. The Hall–Kier alpha value is -1.05. The number of benzene rings is 1. The van der Waals surface area contributed by atoms with Gasteiger partial charge in [-0.3, -0.25) is 0 Å². The molecule has 1 aliphatic rings. The molecule has 0 aliphatic heterocycles. The normalized spacial score (nSPS) is 17.9. The van der Waals surface area contributed by atoms with Crippen molar-refractivity contribution in [3.63, 3.8) is 0 Å². The van der Waals surface area contributed by atoms with Crippen molar-refractivity contribution in [1.29, 1.82) is 0 Å². The van der Waals surface area contributed by atoms with Gasteiger partial charge in [-0.2, -0.15) is 0 Å². The number of hydrogen-bond acceptors (Lipinski definition) is 1. The van der Waals surface area contributed by atoms with Crippen molar-refractivity contribution in [1.82, 2.24) is 0 Å². The van der Waals surface area contributed by atoms with Gasteiger partial charge in [-0.25, -0.2) is 4.39 Å². The van der Waals surface area contributed by atoms with Crippen molar-refractivity contribution in [2.45, 2.75) is 25.2 Å². The fraction of sp³-hybridized carbons (Fsp3) is 0.417. The molecule has 1 fully saturated rings. The summed E-state index contributed by atoms with van der Waals surface area (Å²) in [4.78, 5) is 0. The van der Waals surface area contributed by atoms with Gasteiger partial charge in [0.05, 0.1) is 7.11 Å². The molecule has 0 aromatic heterocycles. The van der Waals surface area contributed by atoms with Gasteiger partial charge in [0.2, 0.25) is 0 Å². The number of rotatable bonds is 3. The number of ether oxygens (including phenoxy) is 1. The molecule has 0 N–H and O–H groups in total. The number of para-hydroxylation sites is 1. The first-order valence-electron chi connectivity index (χ1n) is 4.91. The molecule has 1 aromatic rings. The van der Waals surface area contributed by atoms with Crippen LogP contribution in [0, 0.1) is 12.2 Å². The maximum atomic E-state index is 13.4. The minimum atomic E-state index is -0.266. The molecule has 2 rings (SSSR count). The van der Waals surface area contributed by atoms with Crippen LogP contribution in [0.5, 0.6) is 5.75 Å². The van der Waals surface area contributed by atoms with Crippen LogP contribution in [0.25, 0.3) is 0 Å². The van der Waals surface area contributed by atoms with Gasteiger partial charge in [0, 0.05) is 11.0 Å². The molecule has 1 radical (unpaired) electrons. The second kappa shape index (κ2) is 3.26. The van der Waals surface area contributed by atoms with Gasteiger partial charge in [0.15, 0.2) is 11.6 Å². The molecule has 75 valence electrons. The molecule has 0 bridgehead atoms. The van der Waals surface area contributed by atoms with Crippen LogP contribution < -0.4 is 4.74 Å². The molecule has 1 aromatic carbocycles. The van der Waals surface area contributed by atoms with E-state index in [0.29, 0.717) is 5.75 Å². The Morgan fingerprint density at radius 2 is 2.21 bits per heavy atom. The third-order valence-electron chi connectivity index (χ3n) is 3.04. The van der Waals surface area contributed by atoms with Crippen molar-refractivity contribution in [3.8, 4) is 5.75 Å². The number of halogens is 1. The van der Waals surface area contributed by atoms with Crippen LogP contribution in [0.1, 0.15) is 25.3 Å². The van der Waals surface area contributed by atoms with E-state index < -0.39 is 0 Å². The third kappa shape index (κ3) is 1.29. The topological polar surface area (TPSA) is 9.23 Å². The highest BCUT2D eigenvalue weighted by Gasteiger charge is 2.45. The van der Waals surface area contributed by atoms with E-state index in [9.17, 15) is 4.39 Å². The summed E-state index contributed by atoms with van der Waals surface area (Å²) in [6, 6.07) is 5.14. The molecule has 1 aliphatic carbocycles. The van der Waals surface area contributed by atoms with E-state index >= 15 is 0 Å². The predicted molar refractivity (Wildman–Crippen MR) is 53.8 cm³/mol. The predicted octanol–water partition coefficient (Wildman–Crippen LogP) is 3.09. The number of hydrogen-bond donors (Lipinski definition) is 0. The van der Waals surface area contributed by atoms with E-state index in [2.05, 4.69) is 13.3 Å². The quantitative estimate of drug-likeness (QED) is 0.716. The standard InChI is InChI=1S/C12H14FO/c1-3-12(7-8-12)9-5-4-6-10(13)11(9)14-2/h4-7H,3,8H2,1-2H3. The van der Waals surface area contributed by atoms with Crippen LogP contribution in [-0.4, -0.2) is 7.11 Å². The highest BCUT2D eigenvalue weighted by molar-refractivity contribution is 5.48. The Balaban J connectivity index is 2.47. The first-order chi connectivity index (χ1) is 6.73. The zero-order valence-electron chi connectivity index (χ0n) is 8.51. The van der Waals surface area contributed by atoms with Crippen molar-refractivity contribution in [2.24, 2.45) is 0 Å². The molecule has 1 saturated carbocycles. The van der Waals surface area contributed by atoms with E-state index in [1.54, 1.807) is 6.07 Å². The lowest BCUT2D eigenvalue weighted by Crippen LogP contribution is -2.08. The average molecular weight is 193 g/mol. The highest BCUT2D eigenvalue weighted by atomic mass is 19.1. The third-order valence-corrected chi connectivity index (χ3v) is 3.04. The maximum Gasteiger partial charge on any atom is 0.165 e. The first-order valence-corrected chi connectivity index (χ1v) is 4.91. The minimum Gasteiger partial charge on any atom is -0.493 e. The van der Waals surface area contributed by atoms with Gasteiger partial charge >= 0.3 is 0 Å². The van der Waals surface area contributed by atoms with E-state index in [1.165, 1.54) is 13.2 Å². The monoisotopic (exact) mass is 193 g/mol. The molecule has 14 heavy (non-hydrogen) atoms. The molecule has 0 saturated heterocycles. The van der Waals surface area contributed by atoms with Crippen molar-refractivity contribution < 1.29 is 9.13 Å². The summed E-state index contributed by atoms with van der Waals surface area (Å²) in [6.45, 7) is 2.12. The second-order valence-electron chi connectivity index (χ2n) is 3.74. The molecule has 0 heterocycles. The largest absolute Gasteiger partial charge is 0.493 e. The Labute approximate surface area is 83.9 Å². The maximum absolute atomic E-state index is 13.4. The summed E-state index contributed by atoms with van der Waals surface area (Å²) in [5.41, 5.74) is 1.07. The van der Waals surface area contributed by atoms with E-state index in [1.807, 2.05) is 6.07 Å². The Morgan fingerprint density at radius 3 is 2.71 bits per heavy atom. The lowest BCUT2D eigenvalue weighted by Gasteiger charge is -2.16. The number of methoxy groups -OCH3 is 1. The lowest BCUT2D eigenvalue weighted by atomic mass is 9.92. The van der Waals surface area contributed by atoms with Gasteiger partial charge in [0.1, 0.15) is 0 Å². The summed E-state index contributed by atoms with van der Waals surface area (Å²) in [7, 11) is 1.52. The van der Waals surface area contributed by atoms with Crippen LogP contribution in [0.4, 0.5) is 4.39 Å². The molecule has 1 unspecified atom stereocenters. The Bertz CT molecular complexity index is 342. The van der Waals surface area contributed by atoms with Gasteiger partial charge in [-0.05, 0) is 25.3 Å². The lowest BCUT2D eigenvalue weighted by molar-refractivity contribution is 0.376. The minimum absolute atomic E-state index is 0.0768. The fourth-order valence-corrected chi connectivity index (χ4v) is 1.93. The Morgan fingerprint density at radius 1 is 1.50 bits per heavy atom. The van der Waals surface area contributed by atoms with Gasteiger partial charge in [0.25, 0.3) is 0 Å². The van der Waals surface area contributed by atoms with Crippen molar-refractivity contribution in [3.05, 3.63) is 36.0 Å². The summed E-state index contributed by atoms with van der Waals surface area (Å²) in [6.07, 6.45) is 4.25. The summed E-state index contributed by atoms with van der Waals surface area (Å²) >= 11 is 0. The van der Waals surface area contributed by atoms with E-state index in [0.717, 1.165) is 18.4 Å². The smallest absolute Gasteiger partial charge is 0.165 e. The van der Waals surface area contributed by atoms with E-state index in [4.69, 9.17) is 4.74 Å². The van der Waals surface area contributed by atoms with Crippen molar-refractivity contribution in [2.75, 3.05) is 7.11 Å². The average Bonchev–Trinajstić information content (AvgIpc) is 2.98.